The molecule has 0 bridgehead atoms. The molecule has 0 spiro atoms. The molecule has 0 aliphatic rings. The van der Waals surface area contributed by atoms with E-state index in [1.165, 1.54) is 13.0 Å². The van der Waals surface area contributed by atoms with Crippen LogP contribution in [-0.4, -0.2) is 29.4 Å². The molecule has 0 unspecified atom stereocenters. The van der Waals surface area contributed by atoms with Gasteiger partial charge in [0.25, 0.3) is 0 Å². The largest absolute Gasteiger partial charge is 0.506 e. The van der Waals surface area contributed by atoms with Crippen molar-refractivity contribution in [1.82, 2.24) is 0 Å². The Balaban J connectivity index is 3.40. The van der Waals surface area contributed by atoms with E-state index in [9.17, 15) is 19.5 Å². The average molecular weight is 291 g/mol. The monoisotopic (exact) mass is 291 g/mol. The van der Waals surface area contributed by atoms with Crippen LogP contribution in [0.3, 0.4) is 0 Å². The zero-order valence-corrected chi connectivity index (χ0v) is 12.1. The maximum absolute atomic E-state index is 11.8. The van der Waals surface area contributed by atoms with Gasteiger partial charge in [-0.2, -0.15) is 0 Å². The summed E-state index contributed by atoms with van der Waals surface area (Å²) in [6.07, 6.45) is 0. The van der Waals surface area contributed by atoms with Gasteiger partial charge in [0.2, 0.25) is 5.91 Å². The van der Waals surface area contributed by atoms with Crippen LogP contribution >= 0.6 is 0 Å². The predicted octanol–water partition coefficient (Wildman–Crippen LogP) is 2.07. The van der Waals surface area contributed by atoms with Crippen molar-refractivity contribution < 1.29 is 24.2 Å². The summed E-state index contributed by atoms with van der Waals surface area (Å²) >= 11 is 0. The Morgan fingerprint density at radius 2 is 1.81 bits per heavy atom. The number of aliphatic hydroxyl groups excluding tert-OH is 1. The number of esters is 1. The highest BCUT2D eigenvalue weighted by Gasteiger charge is 2.23. The van der Waals surface area contributed by atoms with Crippen LogP contribution < -0.4 is 5.32 Å². The number of benzene rings is 1. The molecule has 0 fully saturated rings. The van der Waals surface area contributed by atoms with Crippen LogP contribution in [0.15, 0.2) is 29.8 Å². The van der Waals surface area contributed by atoms with Gasteiger partial charge in [0.05, 0.1) is 12.3 Å². The fourth-order valence-corrected chi connectivity index (χ4v) is 1.73. The SMILES string of the molecule is CCOC(=O)/C(C(C)=O)=C(\O)c1ccccc1NC(C)=O. The van der Waals surface area contributed by atoms with Crippen LogP contribution in [0.25, 0.3) is 5.76 Å². The quantitative estimate of drug-likeness (QED) is 0.285. The van der Waals surface area contributed by atoms with Gasteiger partial charge in [0, 0.05) is 12.5 Å². The third-order valence-corrected chi connectivity index (χ3v) is 2.56. The van der Waals surface area contributed by atoms with E-state index >= 15 is 0 Å². The van der Waals surface area contributed by atoms with Gasteiger partial charge in [0.1, 0.15) is 11.3 Å². The van der Waals surface area contributed by atoms with Crippen molar-refractivity contribution >= 4 is 29.1 Å². The zero-order chi connectivity index (χ0) is 16.0. The lowest BCUT2D eigenvalue weighted by Crippen LogP contribution is -2.17. The van der Waals surface area contributed by atoms with Crippen LogP contribution in [0, 0.1) is 0 Å². The number of rotatable bonds is 5. The third-order valence-electron chi connectivity index (χ3n) is 2.56. The van der Waals surface area contributed by atoms with E-state index in [-0.39, 0.29) is 18.1 Å². The molecule has 1 aromatic rings. The van der Waals surface area contributed by atoms with Crippen molar-refractivity contribution in [1.29, 1.82) is 0 Å². The van der Waals surface area contributed by atoms with Gasteiger partial charge in [-0.3, -0.25) is 9.59 Å². The van der Waals surface area contributed by atoms with E-state index < -0.39 is 23.1 Å². The molecule has 0 radical (unpaired) electrons. The molecular formula is C15H17NO5. The van der Waals surface area contributed by atoms with Crippen LogP contribution in [0.5, 0.6) is 0 Å². The van der Waals surface area contributed by atoms with Gasteiger partial charge in [0.15, 0.2) is 5.78 Å². The molecule has 0 heterocycles. The van der Waals surface area contributed by atoms with Gasteiger partial charge < -0.3 is 15.2 Å². The number of anilines is 1. The summed E-state index contributed by atoms with van der Waals surface area (Å²) < 4.78 is 4.76. The molecule has 0 saturated carbocycles. The number of carbonyl (C=O) groups excluding carboxylic acids is 3. The molecule has 0 aromatic heterocycles. The molecule has 21 heavy (non-hydrogen) atoms. The van der Waals surface area contributed by atoms with E-state index in [1.54, 1.807) is 25.1 Å². The number of hydrogen-bond donors (Lipinski definition) is 2. The predicted molar refractivity (Wildman–Crippen MR) is 77.6 cm³/mol. The van der Waals surface area contributed by atoms with Gasteiger partial charge in [-0.05, 0) is 26.0 Å². The first-order valence-corrected chi connectivity index (χ1v) is 6.36. The van der Waals surface area contributed by atoms with Gasteiger partial charge >= 0.3 is 5.97 Å². The first-order valence-electron chi connectivity index (χ1n) is 6.36. The number of para-hydroxylation sites is 1. The molecular weight excluding hydrogens is 274 g/mol. The number of carbonyl (C=O) groups is 3. The van der Waals surface area contributed by atoms with Crippen molar-refractivity contribution in [2.45, 2.75) is 20.8 Å². The minimum atomic E-state index is -0.903. The molecule has 2 N–H and O–H groups in total. The third kappa shape index (κ3) is 4.17. The molecule has 6 nitrogen and oxygen atoms in total. The minimum absolute atomic E-state index is 0.0796. The Kier molecular flexibility index (Phi) is 5.66. The van der Waals surface area contributed by atoms with Crippen molar-refractivity contribution in [2.75, 3.05) is 11.9 Å². The molecule has 0 aliphatic heterocycles. The first kappa shape index (κ1) is 16.4. The summed E-state index contributed by atoms with van der Waals surface area (Å²) in [4.78, 5) is 34.5. The fraction of sp³-hybridized carbons (Fsp3) is 0.267. The molecule has 0 aliphatic carbocycles. The number of Topliss-reactive ketones (excluding diaryl/α,β-unsaturated/α-hetero) is 1. The summed E-state index contributed by atoms with van der Waals surface area (Å²) in [5.74, 6) is -2.38. The smallest absolute Gasteiger partial charge is 0.345 e. The maximum atomic E-state index is 11.8. The standard InChI is InChI=1S/C15H17NO5/c1-4-21-15(20)13(9(2)17)14(19)11-7-5-6-8-12(11)16-10(3)18/h5-8,19H,4H2,1-3H3,(H,16,18)/b14-13-. The van der Waals surface area contributed by atoms with E-state index in [1.807, 2.05) is 0 Å². The first-order chi connectivity index (χ1) is 9.88. The Hall–Kier alpha value is -2.63. The molecule has 0 atom stereocenters. The minimum Gasteiger partial charge on any atom is -0.506 e. The van der Waals surface area contributed by atoms with Gasteiger partial charge in [-0.1, -0.05) is 12.1 Å². The number of nitrogens with one attached hydrogen (secondary N) is 1. The zero-order valence-electron chi connectivity index (χ0n) is 12.1. The molecule has 1 amide bonds. The number of ketones is 1. The van der Waals surface area contributed by atoms with E-state index in [2.05, 4.69) is 5.32 Å². The van der Waals surface area contributed by atoms with Crippen LogP contribution in [0.2, 0.25) is 0 Å². The van der Waals surface area contributed by atoms with Crippen molar-refractivity contribution in [3.8, 4) is 0 Å². The highest BCUT2D eigenvalue weighted by Crippen LogP contribution is 2.25. The Bertz CT molecular complexity index is 604. The number of aliphatic hydroxyl groups is 1. The number of amides is 1. The summed E-state index contributed by atoms with van der Waals surface area (Å²) in [6.45, 7) is 4.15. The summed E-state index contributed by atoms with van der Waals surface area (Å²) in [6, 6.07) is 6.30. The Labute approximate surface area is 122 Å². The summed E-state index contributed by atoms with van der Waals surface area (Å²) in [7, 11) is 0. The second kappa shape index (κ2) is 7.23. The Morgan fingerprint density at radius 3 is 2.33 bits per heavy atom. The highest BCUT2D eigenvalue weighted by molar-refractivity contribution is 6.21. The molecule has 112 valence electrons. The second-order valence-electron chi connectivity index (χ2n) is 4.23. The van der Waals surface area contributed by atoms with E-state index in [4.69, 9.17) is 4.74 Å². The number of hydrogen-bond acceptors (Lipinski definition) is 5. The van der Waals surface area contributed by atoms with E-state index in [0.717, 1.165) is 6.92 Å². The molecule has 6 heteroatoms. The van der Waals surface area contributed by atoms with E-state index in [0.29, 0.717) is 5.69 Å². The molecule has 0 saturated heterocycles. The van der Waals surface area contributed by atoms with Crippen molar-refractivity contribution in [3.05, 3.63) is 35.4 Å². The van der Waals surface area contributed by atoms with Crippen LogP contribution in [0.4, 0.5) is 5.69 Å². The van der Waals surface area contributed by atoms with Gasteiger partial charge in [-0.25, -0.2) is 4.79 Å². The fourth-order valence-electron chi connectivity index (χ4n) is 1.73. The normalized spacial score (nSPS) is 11.4. The van der Waals surface area contributed by atoms with Crippen molar-refractivity contribution in [2.24, 2.45) is 0 Å². The van der Waals surface area contributed by atoms with Crippen molar-refractivity contribution in [3.63, 3.8) is 0 Å². The lowest BCUT2D eigenvalue weighted by Gasteiger charge is -2.12. The summed E-state index contributed by atoms with van der Waals surface area (Å²) in [5.41, 5.74) is 0.0196. The maximum Gasteiger partial charge on any atom is 0.345 e. The lowest BCUT2D eigenvalue weighted by molar-refractivity contribution is -0.139. The lowest BCUT2D eigenvalue weighted by atomic mass is 10.0. The number of ether oxygens (including phenoxy) is 1. The molecule has 1 aromatic carbocycles. The Morgan fingerprint density at radius 1 is 1.19 bits per heavy atom. The van der Waals surface area contributed by atoms with Gasteiger partial charge in [-0.15, -0.1) is 0 Å². The average Bonchev–Trinajstić information content (AvgIpc) is 2.38. The van der Waals surface area contributed by atoms with Crippen LogP contribution in [-0.2, 0) is 19.1 Å². The molecule has 1 rings (SSSR count). The van der Waals surface area contributed by atoms with Crippen LogP contribution in [0.1, 0.15) is 26.3 Å². The summed E-state index contributed by atoms with van der Waals surface area (Å²) in [5, 5.41) is 12.8. The topological polar surface area (TPSA) is 92.7 Å². The second-order valence-corrected chi connectivity index (χ2v) is 4.23. The highest BCUT2D eigenvalue weighted by atomic mass is 16.5.